The molecule has 13 heteroatoms. The largest absolute Gasteiger partial charge is 0.481 e. The number of esters is 3. The Kier molecular flexibility index (Phi) is 17.3. The smallest absolute Gasteiger partial charge is 0.307 e. The molecule has 6 unspecified atom stereocenters. The molecule has 3 spiro atoms. The van der Waals surface area contributed by atoms with Gasteiger partial charge in [-0.2, -0.15) is 0 Å². The van der Waals surface area contributed by atoms with Crippen LogP contribution in [0.1, 0.15) is 262 Å². The van der Waals surface area contributed by atoms with Gasteiger partial charge >= 0.3 is 23.9 Å². The summed E-state index contributed by atoms with van der Waals surface area (Å²) in [4.78, 5) is 97.0. The van der Waals surface area contributed by atoms with Crippen molar-refractivity contribution in [3.05, 3.63) is 34.9 Å². The molecule has 18 atom stereocenters. The predicted molar refractivity (Wildman–Crippen MR) is 324 cm³/mol. The molecule has 1 amide bonds. The molecule has 470 valence electrons. The van der Waals surface area contributed by atoms with Gasteiger partial charge in [-0.1, -0.05) is 105 Å². The third-order valence-corrected chi connectivity index (χ3v) is 27.2. The van der Waals surface area contributed by atoms with Gasteiger partial charge in [0.15, 0.2) is 17.3 Å². The van der Waals surface area contributed by atoms with E-state index < -0.39 is 17.5 Å². The molecule has 0 bridgehead atoms. The highest BCUT2D eigenvalue weighted by Gasteiger charge is 2.68. The molecule has 0 aromatic heterocycles. The summed E-state index contributed by atoms with van der Waals surface area (Å²) in [6.45, 7) is 22.8. The Bertz CT molecular complexity index is 2680. The molecule has 0 radical (unpaired) electrons. The molecule has 9 aliphatic carbocycles. The number of carbonyl (C=O) groups excluding carboxylic acids is 7. The number of nitrogens with two attached hydrogens (primary N) is 1. The van der Waals surface area contributed by atoms with Gasteiger partial charge in [0.05, 0.1) is 5.92 Å². The minimum Gasteiger partial charge on any atom is -0.481 e. The van der Waals surface area contributed by atoms with Crippen molar-refractivity contribution in [2.45, 2.75) is 279 Å². The number of hydrogen-bond donors (Lipinski definition) is 2. The van der Waals surface area contributed by atoms with E-state index in [1.54, 1.807) is 12.2 Å². The lowest BCUT2D eigenvalue weighted by Gasteiger charge is -2.52. The first kappa shape index (κ1) is 63.6. The molecule has 3 N–H and O–H groups in total. The molecule has 3 saturated heterocycles. The standard InChI is InChI=1S/C24H35NO4.C24H34O5.C24H36O3/c1-4-8-23(3)19(6-10-24(23)11-7-20(27)29-24)18-14-22(2)9-5-16(26)12-15(22)13-17(18)21(25)28;1-4-8-23(3)19(6-10-24(23)11-7-20(26)29-24)18-14-22(2)9-5-16(25)12-15(22)13-17(18)21(27)28;1-5-9-23(4)20(7-11-24(23)12-8-21(26)27-24)19-15-22(3)10-6-18(25)14-17(22)13-16(19)2/h12,17-19H,4-11,13-14H2,1-3H3,(H2,25,28);12,17-19H,4-11,13-14H2,1-3H3,(H,27,28);14,16,19-20H,5-13,15H2,1-4H3/t2*17-,18?,19?,22-,23+,24-;16-,19?,20?,22-,23+,24-/m111/s1. The number of fused-ring (bicyclic) bond motifs is 3. The average Bonchev–Trinajstić information content (AvgIpc) is 1.67. The Morgan fingerprint density at radius 2 is 0.788 bits per heavy atom. The number of hydrogen-bond acceptors (Lipinski definition) is 11. The molecule has 3 aliphatic heterocycles. The fourth-order valence-electron chi connectivity index (χ4n) is 22.4. The monoisotopic (exact) mass is 1180 g/mol. The number of aliphatic carboxylic acids is 1. The molecule has 13 nitrogen and oxygen atoms in total. The normalized spacial score (nSPS) is 45.3. The first-order valence-corrected chi connectivity index (χ1v) is 33.9. The van der Waals surface area contributed by atoms with E-state index in [4.69, 9.17) is 19.9 Å². The van der Waals surface area contributed by atoms with E-state index in [2.05, 4.69) is 69.2 Å². The van der Waals surface area contributed by atoms with Crippen LogP contribution in [-0.2, 0) is 52.6 Å². The highest BCUT2D eigenvalue weighted by molar-refractivity contribution is 5.93. The second-order valence-electron chi connectivity index (χ2n) is 31.6. The van der Waals surface area contributed by atoms with Gasteiger partial charge in [-0.25, -0.2) is 0 Å². The quantitative estimate of drug-likeness (QED) is 0.146. The molecule has 85 heavy (non-hydrogen) atoms. The number of carbonyl (C=O) groups is 8. The van der Waals surface area contributed by atoms with Gasteiger partial charge in [0.25, 0.3) is 0 Å². The van der Waals surface area contributed by atoms with Crippen molar-refractivity contribution in [2.75, 3.05) is 0 Å². The number of carboxylic acid groups (broad SMARTS) is 1. The summed E-state index contributed by atoms with van der Waals surface area (Å²) < 4.78 is 18.1. The van der Waals surface area contributed by atoms with Crippen molar-refractivity contribution in [1.82, 2.24) is 0 Å². The van der Waals surface area contributed by atoms with Crippen LogP contribution in [0.4, 0.5) is 0 Å². The summed E-state index contributed by atoms with van der Waals surface area (Å²) in [5.74, 6) is 1.40. The third kappa shape index (κ3) is 10.8. The number of primary amides is 1. The molecule has 9 fully saturated rings. The highest BCUT2D eigenvalue weighted by Crippen LogP contribution is 2.69. The summed E-state index contributed by atoms with van der Waals surface area (Å²) in [6, 6.07) is 0. The zero-order valence-corrected chi connectivity index (χ0v) is 53.7. The van der Waals surface area contributed by atoms with E-state index in [9.17, 15) is 43.5 Å². The van der Waals surface area contributed by atoms with Gasteiger partial charge in [0.1, 0.15) is 16.8 Å². The SMILES string of the molecule is CCC[C@@]1(C)C(C2C[C@@]3(C)CCC(=O)C=C3C[C@H]2C(=O)O)CC[C@@]12CCC(=O)O2.CCC[C@@]1(C)C(C2C[C@@]3(C)CCC(=O)C=C3C[C@H]2C(N)=O)CC[C@@]12CCC(=O)O2.CCC[C@@]1(C)C(C2C[C@@]3(C)CCC(=O)C=C3C[C@H]2C)CC[C@@]12CCC(=O)O2. The molecular formula is C72H105NO12. The van der Waals surface area contributed by atoms with E-state index in [0.717, 1.165) is 140 Å². The molecule has 6 saturated carbocycles. The fraction of sp³-hybridized carbons (Fsp3) is 0.806. The van der Waals surface area contributed by atoms with Crippen LogP contribution in [0, 0.1) is 85.8 Å². The lowest BCUT2D eigenvalue weighted by atomic mass is 9.53. The maximum atomic E-state index is 12.5. The average molecular weight is 1180 g/mol. The Morgan fingerprint density at radius 3 is 1.11 bits per heavy atom. The van der Waals surface area contributed by atoms with Crippen LogP contribution in [0.15, 0.2) is 34.9 Å². The van der Waals surface area contributed by atoms with Gasteiger partial charge < -0.3 is 25.1 Å². The number of ether oxygens (including phenoxy) is 3. The lowest BCUT2D eigenvalue weighted by molar-refractivity contribution is -0.164. The fourth-order valence-corrected chi connectivity index (χ4v) is 22.4. The van der Waals surface area contributed by atoms with Gasteiger partial charge in [-0.3, -0.25) is 38.4 Å². The van der Waals surface area contributed by atoms with Crippen LogP contribution in [-0.4, -0.2) is 69.0 Å². The topological polar surface area (TPSA) is 210 Å². The Balaban J connectivity index is 0.000000142. The van der Waals surface area contributed by atoms with Crippen molar-refractivity contribution >= 4 is 47.1 Å². The maximum absolute atomic E-state index is 12.5. The summed E-state index contributed by atoms with van der Waals surface area (Å²) in [5.41, 5.74) is 8.31. The summed E-state index contributed by atoms with van der Waals surface area (Å²) >= 11 is 0. The van der Waals surface area contributed by atoms with Gasteiger partial charge in [0, 0.05) is 60.7 Å². The number of amides is 1. The van der Waals surface area contributed by atoms with E-state index in [1.807, 2.05) is 6.08 Å². The van der Waals surface area contributed by atoms with Crippen molar-refractivity contribution in [3.8, 4) is 0 Å². The Morgan fingerprint density at radius 1 is 0.471 bits per heavy atom. The van der Waals surface area contributed by atoms with E-state index in [0.29, 0.717) is 80.8 Å². The number of rotatable bonds is 11. The predicted octanol–water partition coefficient (Wildman–Crippen LogP) is 14.4. The van der Waals surface area contributed by atoms with Gasteiger partial charge in [0.2, 0.25) is 5.91 Å². The van der Waals surface area contributed by atoms with Crippen molar-refractivity contribution in [3.63, 3.8) is 0 Å². The van der Waals surface area contributed by atoms with Crippen LogP contribution in [0.2, 0.25) is 0 Å². The summed E-state index contributed by atoms with van der Waals surface area (Å²) in [6.07, 6.45) is 31.3. The second kappa shape index (κ2) is 23.2. The van der Waals surface area contributed by atoms with Crippen LogP contribution in [0.25, 0.3) is 0 Å². The van der Waals surface area contributed by atoms with Gasteiger partial charge in [-0.15, -0.1) is 0 Å². The molecule has 0 aromatic rings. The molecule has 0 aromatic carbocycles. The van der Waals surface area contributed by atoms with Crippen molar-refractivity contribution < 1.29 is 57.7 Å². The van der Waals surface area contributed by atoms with Gasteiger partial charge in [-0.05, 0) is 211 Å². The highest BCUT2D eigenvalue weighted by atomic mass is 16.6. The number of allylic oxidation sites excluding steroid dienone is 6. The maximum Gasteiger partial charge on any atom is 0.307 e. The number of carboxylic acids is 1. The van der Waals surface area contributed by atoms with Crippen molar-refractivity contribution in [1.29, 1.82) is 0 Å². The Labute approximate surface area is 507 Å². The van der Waals surface area contributed by atoms with E-state index in [1.165, 1.54) is 18.4 Å². The lowest BCUT2D eigenvalue weighted by Crippen LogP contribution is -2.51. The van der Waals surface area contributed by atoms with Crippen LogP contribution in [0.3, 0.4) is 0 Å². The molecule has 3 heterocycles. The third-order valence-electron chi connectivity index (χ3n) is 27.2. The Hall–Kier alpha value is -4.42. The molecule has 12 aliphatic rings. The van der Waals surface area contributed by atoms with E-state index >= 15 is 0 Å². The first-order chi connectivity index (χ1) is 40.0. The molecule has 12 rings (SSSR count). The molecular weight excluding hydrogens is 1070 g/mol. The summed E-state index contributed by atoms with van der Waals surface area (Å²) in [7, 11) is 0. The zero-order valence-electron chi connectivity index (χ0n) is 53.7. The minimum atomic E-state index is -0.751. The first-order valence-electron chi connectivity index (χ1n) is 33.9. The zero-order chi connectivity index (χ0) is 61.5. The van der Waals surface area contributed by atoms with Crippen LogP contribution >= 0.6 is 0 Å². The van der Waals surface area contributed by atoms with Crippen LogP contribution < -0.4 is 5.73 Å². The number of ketones is 3. The van der Waals surface area contributed by atoms with Crippen LogP contribution in [0.5, 0.6) is 0 Å². The van der Waals surface area contributed by atoms with Crippen molar-refractivity contribution in [2.24, 2.45) is 91.5 Å². The second-order valence-corrected chi connectivity index (χ2v) is 31.6. The summed E-state index contributed by atoms with van der Waals surface area (Å²) in [5, 5.41) is 10.1. The minimum absolute atomic E-state index is 0.0117. The van der Waals surface area contributed by atoms with E-state index in [-0.39, 0.29) is 103 Å².